The molecule has 10 nitrogen and oxygen atoms in total. The largest absolute Gasteiger partial charge is 0.497 e. The molecule has 39 heavy (non-hydrogen) atoms. The molecule has 1 unspecified atom stereocenters. The Balaban J connectivity index is 1.36. The summed E-state index contributed by atoms with van der Waals surface area (Å²) >= 11 is 0. The van der Waals surface area contributed by atoms with Crippen molar-refractivity contribution in [3.05, 3.63) is 83.9 Å². The van der Waals surface area contributed by atoms with E-state index in [0.717, 1.165) is 22.7 Å². The highest BCUT2D eigenvalue weighted by molar-refractivity contribution is 5.96. The number of ether oxygens (including phenoxy) is 2. The molecule has 3 aromatic rings. The number of amidine groups is 1. The van der Waals surface area contributed by atoms with Crippen molar-refractivity contribution in [2.45, 2.75) is 6.04 Å². The number of nitrogen functional groups attached to an aromatic ring is 1. The number of nitrogens with zero attached hydrogens (tertiary/aromatic N) is 2. The molecule has 0 aliphatic carbocycles. The third kappa shape index (κ3) is 6.78. The number of methoxy groups -OCH3 is 2. The van der Waals surface area contributed by atoms with E-state index in [0.29, 0.717) is 37.4 Å². The summed E-state index contributed by atoms with van der Waals surface area (Å²) in [7, 11) is 3.24. The van der Waals surface area contributed by atoms with Gasteiger partial charge in [0.1, 0.15) is 23.4 Å². The topological polar surface area (TPSA) is 133 Å². The van der Waals surface area contributed by atoms with E-state index in [2.05, 4.69) is 15.5 Å². The average molecular weight is 531 g/mol. The lowest BCUT2D eigenvalue weighted by atomic mass is 10.1. The van der Waals surface area contributed by atoms with Crippen LogP contribution in [0.4, 0.5) is 11.4 Å². The van der Waals surface area contributed by atoms with Gasteiger partial charge in [0, 0.05) is 43.5 Å². The first kappa shape index (κ1) is 27.3. The van der Waals surface area contributed by atoms with Crippen LogP contribution in [0.15, 0.2) is 72.8 Å². The summed E-state index contributed by atoms with van der Waals surface area (Å²) in [5.74, 6) is 0.902. The molecule has 5 N–H and O–H groups in total. The molecule has 0 radical (unpaired) electrons. The second-order valence-corrected chi connectivity index (χ2v) is 9.11. The van der Waals surface area contributed by atoms with E-state index in [4.69, 9.17) is 20.6 Å². The maximum atomic E-state index is 13.3. The van der Waals surface area contributed by atoms with Crippen LogP contribution in [-0.2, 0) is 9.59 Å². The minimum atomic E-state index is -0.736. The van der Waals surface area contributed by atoms with Crippen LogP contribution in [0.3, 0.4) is 0 Å². The Morgan fingerprint density at radius 1 is 0.949 bits per heavy atom. The summed E-state index contributed by atoms with van der Waals surface area (Å²) in [5, 5.41) is 13.7. The fourth-order valence-corrected chi connectivity index (χ4v) is 4.51. The number of nitrogens with two attached hydrogens (primary N) is 1. The number of anilines is 2. The number of nitrogens with one attached hydrogen (secondary N) is 3. The number of carbonyl (C=O) groups is 2. The zero-order chi connectivity index (χ0) is 27.8. The Bertz CT molecular complexity index is 1310. The molecule has 1 atom stereocenters. The van der Waals surface area contributed by atoms with E-state index in [1.165, 1.54) is 0 Å². The second kappa shape index (κ2) is 12.7. The average Bonchev–Trinajstić information content (AvgIpc) is 2.98. The van der Waals surface area contributed by atoms with Crippen molar-refractivity contribution in [2.24, 2.45) is 5.73 Å². The van der Waals surface area contributed by atoms with Gasteiger partial charge in [-0.2, -0.15) is 0 Å². The summed E-state index contributed by atoms with van der Waals surface area (Å²) in [4.78, 5) is 30.2. The molecule has 3 aromatic carbocycles. The minimum Gasteiger partial charge on any atom is -0.497 e. The maximum Gasteiger partial charge on any atom is 0.247 e. The smallest absolute Gasteiger partial charge is 0.247 e. The van der Waals surface area contributed by atoms with Crippen molar-refractivity contribution >= 4 is 29.0 Å². The van der Waals surface area contributed by atoms with Gasteiger partial charge in [0.25, 0.3) is 0 Å². The standard InChI is InChI=1S/C29H34N6O4/c1-38-23-11-12-24(25(18-23)39-2)34-13-15-35(16-14-34)26(36)19-32-29(37)27(20-7-4-3-5-8-20)33-22-10-6-9-21(17-22)28(30)31/h3-12,17-18,27,33H,13-16,19H2,1-2H3,(H3,30,31)(H,32,37). The molecule has 0 bridgehead atoms. The molecule has 0 aromatic heterocycles. The molecule has 1 aliphatic rings. The van der Waals surface area contributed by atoms with Crippen LogP contribution in [-0.4, -0.2) is 69.5 Å². The van der Waals surface area contributed by atoms with Crippen LogP contribution in [0.5, 0.6) is 11.5 Å². The van der Waals surface area contributed by atoms with E-state index in [1.807, 2.05) is 48.5 Å². The van der Waals surface area contributed by atoms with E-state index >= 15 is 0 Å². The highest BCUT2D eigenvalue weighted by Gasteiger charge is 2.25. The number of carbonyl (C=O) groups excluding carboxylic acids is 2. The summed E-state index contributed by atoms with van der Waals surface area (Å²) < 4.78 is 10.8. The molecule has 0 spiro atoms. The van der Waals surface area contributed by atoms with Gasteiger partial charge in [-0.25, -0.2) is 0 Å². The molecule has 1 aliphatic heterocycles. The summed E-state index contributed by atoms with van der Waals surface area (Å²) in [6, 6.07) is 21.2. The Morgan fingerprint density at radius 2 is 1.69 bits per heavy atom. The predicted molar refractivity (Wildman–Crippen MR) is 152 cm³/mol. The SMILES string of the molecule is COc1ccc(N2CCN(C(=O)CNC(=O)C(Nc3cccc(C(=N)N)c3)c3ccccc3)CC2)c(OC)c1. The number of hydrogen-bond acceptors (Lipinski definition) is 7. The van der Waals surface area contributed by atoms with Crippen molar-refractivity contribution in [1.82, 2.24) is 10.2 Å². The summed E-state index contributed by atoms with van der Waals surface area (Å²) in [6.45, 7) is 2.24. The van der Waals surface area contributed by atoms with Crippen molar-refractivity contribution in [2.75, 3.05) is 57.2 Å². The van der Waals surface area contributed by atoms with E-state index in [1.54, 1.807) is 43.4 Å². The molecule has 0 saturated carbocycles. The molecule has 4 rings (SSSR count). The normalized spacial score (nSPS) is 13.8. The Labute approximate surface area is 228 Å². The lowest BCUT2D eigenvalue weighted by Gasteiger charge is -2.36. The zero-order valence-electron chi connectivity index (χ0n) is 22.1. The molecule has 1 heterocycles. The molecular weight excluding hydrogens is 496 g/mol. The molecular formula is C29H34N6O4. The van der Waals surface area contributed by atoms with Crippen molar-refractivity contribution in [1.29, 1.82) is 5.41 Å². The van der Waals surface area contributed by atoms with Gasteiger partial charge in [0.2, 0.25) is 11.8 Å². The first-order valence-corrected chi connectivity index (χ1v) is 12.7. The van der Waals surface area contributed by atoms with Gasteiger partial charge >= 0.3 is 0 Å². The van der Waals surface area contributed by atoms with Gasteiger partial charge in [0.15, 0.2) is 0 Å². The number of piperazine rings is 1. The quantitative estimate of drug-likeness (QED) is 0.234. The monoisotopic (exact) mass is 530 g/mol. The van der Waals surface area contributed by atoms with Crippen molar-refractivity contribution < 1.29 is 19.1 Å². The Kier molecular flexibility index (Phi) is 8.88. The third-order valence-corrected chi connectivity index (χ3v) is 6.65. The number of rotatable bonds is 10. The lowest BCUT2D eigenvalue weighted by Crippen LogP contribution is -2.51. The molecule has 10 heteroatoms. The third-order valence-electron chi connectivity index (χ3n) is 6.65. The molecule has 2 amide bonds. The molecule has 1 fully saturated rings. The van der Waals surface area contributed by atoms with E-state index in [-0.39, 0.29) is 24.2 Å². The van der Waals surface area contributed by atoms with Crippen molar-refractivity contribution in [3.8, 4) is 11.5 Å². The van der Waals surface area contributed by atoms with Crippen molar-refractivity contribution in [3.63, 3.8) is 0 Å². The van der Waals surface area contributed by atoms with Gasteiger partial charge in [-0.3, -0.25) is 15.0 Å². The lowest BCUT2D eigenvalue weighted by molar-refractivity contribution is -0.133. The van der Waals surface area contributed by atoms with Crippen LogP contribution in [0, 0.1) is 5.41 Å². The highest BCUT2D eigenvalue weighted by Crippen LogP contribution is 2.32. The summed E-state index contributed by atoms with van der Waals surface area (Å²) in [6.07, 6.45) is 0. The van der Waals surface area contributed by atoms with Gasteiger partial charge in [-0.1, -0.05) is 42.5 Å². The van der Waals surface area contributed by atoms with Gasteiger partial charge < -0.3 is 35.6 Å². The first-order valence-electron chi connectivity index (χ1n) is 12.7. The van der Waals surface area contributed by atoms with Crippen LogP contribution >= 0.6 is 0 Å². The van der Waals surface area contributed by atoms with Crippen LogP contribution in [0.1, 0.15) is 17.2 Å². The Hall–Kier alpha value is -4.73. The predicted octanol–water partition coefficient (Wildman–Crippen LogP) is 2.61. The van der Waals surface area contributed by atoms with Gasteiger partial charge in [-0.05, 0) is 29.8 Å². The number of hydrogen-bond donors (Lipinski definition) is 4. The highest BCUT2D eigenvalue weighted by atomic mass is 16.5. The van der Waals surface area contributed by atoms with Crippen LogP contribution in [0.2, 0.25) is 0 Å². The zero-order valence-corrected chi connectivity index (χ0v) is 22.1. The molecule has 204 valence electrons. The number of benzene rings is 3. The second-order valence-electron chi connectivity index (χ2n) is 9.11. The number of amides is 2. The Morgan fingerprint density at radius 3 is 2.36 bits per heavy atom. The van der Waals surface area contributed by atoms with Crippen LogP contribution in [0.25, 0.3) is 0 Å². The fourth-order valence-electron chi connectivity index (χ4n) is 4.51. The van der Waals surface area contributed by atoms with Gasteiger partial charge in [0.05, 0.1) is 26.5 Å². The van der Waals surface area contributed by atoms with E-state index in [9.17, 15) is 9.59 Å². The summed E-state index contributed by atoms with van der Waals surface area (Å²) in [5.41, 5.74) is 8.51. The van der Waals surface area contributed by atoms with E-state index < -0.39 is 6.04 Å². The fraction of sp³-hybridized carbons (Fsp3) is 0.276. The minimum absolute atomic E-state index is 0.0597. The van der Waals surface area contributed by atoms with Crippen LogP contribution < -0.4 is 30.7 Å². The maximum absolute atomic E-state index is 13.3. The first-order chi connectivity index (χ1) is 18.9. The molecule has 1 saturated heterocycles. The van der Waals surface area contributed by atoms with Gasteiger partial charge in [-0.15, -0.1) is 0 Å².